The standard InChI is InChI=1S/C18H32O8/c19-11-3-1-2-8-16(21)24-14-6-7-15-26-18(23)10-9-17(22)25-13-5-4-12-20/h19-20H,1-15H2. The van der Waals surface area contributed by atoms with E-state index in [0.717, 1.165) is 6.42 Å². The summed E-state index contributed by atoms with van der Waals surface area (Å²) < 4.78 is 14.9. The molecule has 0 aliphatic heterocycles. The highest BCUT2D eigenvalue weighted by atomic mass is 16.5. The second-order valence-electron chi connectivity index (χ2n) is 5.83. The lowest BCUT2D eigenvalue weighted by atomic mass is 10.2. The van der Waals surface area contributed by atoms with Crippen molar-refractivity contribution in [3.05, 3.63) is 0 Å². The van der Waals surface area contributed by atoms with Crippen LogP contribution in [0.4, 0.5) is 0 Å². The Morgan fingerprint density at radius 1 is 0.500 bits per heavy atom. The SMILES string of the molecule is O=C(CCCCCO)OCCCCOC(=O)CCC(=O)OCCCCO. The van der Waals surface area contributed by atoms with E-state index in [0.29, 0.717) is 44.9 Å². The third-order valence-corrected chi connectivity index (χ3v) is 3.45. The fourth-order valence-corrected chi connectivity index (χ4v) is 1.95. The molecule has 0 aromatic heterocycles. The summed E-state index contributed by atoms with van der Waals surface area (Å²) in [6.07, 6.45) is 4.86. The highest BCUT2D eigenvalue weighted by molar-refractivity contribution is 5.77. The van der Waals surface area contributed by atoms with Gasteiger partial charge >= 0.3 is 17.9 Å². The summed E-state index contributed by atoms with van der Waals surface area (Å²) in [4.78, 5) is 34.2. The van der Waals surface area contributed by atoms with E-state index in [1.54, 1.807) is 0 Å². The molecule has 0 rings (SSSR count). The number of carbonyl (C=O) groups excluding carboxylic acids is 3. The summed E-state index contributed by atoms with van der Waals surface area (Å²) in [5, 5.41) is 17.2. The second kappa shape index (κ2) is 18.1. The predicted octanol–water partition coefficient (Wildman–Crippen LogP) is 1.50. The Kier molecular flexibility index (Phi) is 17.0. The van der Waals surface area contributed by atoms with E-state index in [9.17, 15) is 14.4 Å². The van der Waals surface area contributed by atoms with Crippen molar-refractivity contribution in [2.24, 2.45) is 0 Å². The molecule has 8 heteroatoms. The summed E-state index contributed by atoms with van der Waals surface area (Å²) >= 11 is 0. The molecule has 0 saturated heterocycles. The van der Waals surface area contributed by atoms with Crippen LogP contribution in [-0.2, 0) is 28.6 Å². The van der Waals surface area contributed by atoms with Crippen LogP contribution >= 0.6 is 0 Å². The first kappa shape index (κ1) is 24.3. The van der Waals surface area contributed by atoms with Crippen LogP contribution in [0.3, 0.4) is 0 Å². The number of aliphatic hydroxyl groups is 2. The van der Waals surface area contributed by atoms with Crippen molar-refractivity contribution in [1.82, 2.24) is 0 Å². The Balaban J connectivity index is 3.43. The first-order valence-electron chi connectivity index (χ1n) is 9.28. The number of carbonyl (C=O) groups is 3. The van der Waals surface area contributed by atoms with Gasteiger partial charge in [-0.25, -0.2) is 0 Å². The maximum absolute atomic E-state index is 11.5. The summed E-state index contributed by atoms with van der Waals surface area (Å²) in [6, 6.07) is 0. The lowest BCUT2D eigenvalue weighted by Gasteiger charge is -2.07. The van der Waals surface area contributed by atoms with E-state index in [2.05, 4.69) is 0 Å². The maximum atomic E-state index is 11.5. The normalized spacial score (nSPS) is 10.4. The van der Waals surface area contributed by atoms with Gasteiger partial charge in [-0.3, -0.25) is 14.4 Å². The highest BCUT2D eigenvalue weighted by Crippen LogP contribution is 2.02. The number of hydrogen-bond acceptors (Lipinski definition) is 8. The molecule has 0 heterocycles. The minimum Gasteiger partial charge on any atom is -0.466 e. The molecule has 152 valence electrons. The van der Waals surface area contributed by atoms with Crippen molar-refractivity contribution in [2.45, 2.75) is 64.2 Å². The fraction of sp³-hybridized carbons (Fsp3) is 0.833. The molecule has 0 aliphatic rings. The van der Waals surface area contributed by atoms with Crippen LogP contribution in [0.2, 0.25) is 0 Å². The van der Waals surface area contributed by atoms with Gasteiger partial charge in [0, 0.05) is 19.6 Å². The van der Waals surface area contributed by atoms with Crippen molar-refractivity contribution in [2.75, 3.05) is 33.0 Å². The molecule has 0 aromatic rings. The summed E-state index contributed by atoms with van der Waals surface area (Å²) in [5.74, 6) is -1.17. The Labute approximate surface area is 154 Å². The first-order valence-corrected chi connectivity index (χ1v) is 9.28. The van der Waals surface area contributed by atoms with Gasteiger partial charge in [-0.15, -0.1) is 0 Å². The van der Waals surface area contributed by atoms with Crippen molar-refractivity contribution in [3.63, 3.8) is 0 Å². The number of aliphatic hydroxyl groups excluding tert-OH is 2. The molecule has 0 aliphatic carbocycles. The van der Waals surface area contributed by atoms with Gasteiger partial charge in [0.15, 0.2) is 0 Å². The Morgan fingerprint density at radius 3 is 1.35 bits per heavy atom. The molecule has 0 aromatic carbocycles. The van der Waals surface area contributed by atoms with Crippen molar-refractivity contribution < 1.29 is 38.8 Å². The molecule has 2 N–H and O–H groups in total. The van der Waals surface area contributed by atoms with Crippen molar-refractivity contribution in [1.29, 1.82) is 0 Å². The Bertz CT molecular complexity index is 383. The van der Waals surface area contributed by atoms with Gasteiger partial charge in [0.05, 0.1) is 32.7 Å². The van der Waals surface area contributed by atoms with E-state index in [1.165, 1.54) is 0 Å². The minimum absolute atomic E-state index is 0.0220. The third-order valence-electron chi connectivity index (χ3n) is 3.45. The number of rotatable bonds is 17. The molecule has 0 spiro atoms. The van der Waals surface area contributed by atoms with Crippen LogP contribution in [0.1, 0.15) is 64.2 Å². The van der Waals surface area contributed by atoms with Gasteiger partial charge in [0.25, 0.3) is 0 Å². The monoisotopic (exact) mass is 376 g/mol. The highest BCUT2D eigenvalue weighted by Gasteiger charge is 2.09. The van der Waals surface area contributed by atoms with Gasteiger partial charge in [-0.05, 0) is 38.5 Å². The Morgan fingerprint density at radius 2 is 0.885 bits per heavy atom. The largest absolute Gasteiger partial charge is 0.466 e. The van der Waals surface area contributed by atoms with Crippen LogP contribution in [0.15, 0.2) is 0 Å². The van der Waals surface area contributed by atoms with Crippen LogP contribution in [0, 0.1) is 0 Å². The molecule has 0 unspecified atom stereocenters. The predicted molar refractivity (Wildman–Crippen MR) is 93.2 cm³/mol. The number of hydrogen-bond donors (Lipinski definition) is 2. The Hall–Kier alpha value is -1.67. The number of unbranched alkanes of at least 4 members (excludes halogenated alkanes) is 4. The second-order valence-corrected chi connectivity index (χ2v) is 5.83. The number of esters is 3. The average molecular weight is 376 g/mol. The molecular formula is C18H32O8. The fourth-order valence-electron chi connectivity index (χ4n) is 1.95. The van der Waals surface area contributed by atoms with Crippen LogP contribution < -0.4 is 0 Å². The summed E-state index contributed by atoms with van der Waals surface area (Å²) in [6.45, 7) is 0.955. The summed E-state index contributed by atoms with van der Waals surface area (Å²) in [5.41, 5.74) is 0. The average Bonchev–Trinajstić information content (AvgIpc) is 2.63. The molecule has 0 amide bonds. The lowest BCUT2D eigenvalue weighted by Crippen LogP contribution is -2.12. The first-order chi connectivity index (χ1) is 12.6. The smallest absolute Gasteiger partial charge is 0.306 e. The molecule has 0 bridgehead atoms. The van der Waals surface area contributed by atoms with Gasteiger partial charge in [0.1, 0.15) is 0 Å². The molecule has 0 atom stereocenters. The lowest BCUT2D eigenvalue weighted by molar-refractivity contribution is -0.150. The van der Waals surface area contributed by atoms with Crippen LogP contribution in [-0.4, -0.2) is 61.2 Å². The van der Waals surface area contributed by atoms with Crippen molar-refractivity contribution >= 4 is 17.9 Å². The van der Waals surface area contributed by atoms with E-state index in [1.807, 2.05) is 0 Å². The van der Waals surface area contributed by atoms with E-state index in [-0.39, 0.29) is 51.8 Å². The van der Waals surface area contributed by atoms with Gasteiger partial charge in [0.2, 0.25) is 0 Å². The van der Waals surface area contributed by atoms with Gasteiger partial charge in [-0.1, -0.05) is 6.42 Å². The zero-order chi connectivity index (χ0) is 19.5. The van der Waals surface area contributed by atoms with E-state index in [4.69, 9.17) is 24.4 Å². The molecule has 0 saturated carbocycles. The molecule has 0 fully saturated rings. The molecule has 8 nitrogen and oxygen atoms in total. The quantitative estimate of drug-likeness (QED) is 0.223. The topological polar surface area (TPSA) is 119 Å². The molecule has 0 radical (unpaired) electrons. The van der Waals surface area contributed by atoms with Gasteiger partial charge < -0.3 is 24.4 Å². The maximum Gasteiger partial charge on any atom is 0.306 e. The summed E-state index contributed by atoms with van der Waals surface area (Å²) in [7, 11) is 0. The molecular weight excluding hydrogens is 344 g/mol. The third kappa shape index (κ3) is 17.2. The van der Waals surface area contributed by atoms with Gasteiger partial charge in [-0.2, -0.15) is 0 Å². The zero-order valence-corrected chi connectivity index (χ0v) is 15.5. The van der Waals surface area contributed by atoms with Crippen LogP contribution in [0.25, 0.3) is 0 Å². The van der Waals surface area contributed by atoms with Crippen LogP contribution in [0.5, 0.6) is 0 Å². The zero-order valence-electron chi connectivity index (χ0n) is 15.5. The number of ether oxygens (including phenoxy) is 3. The van der Waals surface area contributed by atoms with Crippen molar-refractivity contribution in [3.8, 4) is 0 Å². The van der Waals surface area contributed by atoms with E-state index < -0.39 is 11.9 Å². The minimum atomic E-state index is -0.460. The van der Waals surface area contributed by atoms with E-state index >= 15 is 0 Å². The molecule has 26 heavy (non-hydrogen) atoms.